The highest BCUT2D eigenvalue weighted by Crippen LogP contribution is 2.42. The number of carbonyl (C=O) groups is 1. The van der Waals surface area contributed by atoms with Gasteiger partial charge < -0.3 is 15.7 Å². The normalized spacial score (nSPS) is 21.5. The van der Waals surface area contributed by atoms with Gasteiger partial charge in [-0.1, -0.05) is 12.8 Å². The highest BCUT2D eigenvalue weighted by molar-refractivity contribution is 6.03. The molecule has 8 heteroatoms. The van der Waals surface area contributed by atoms with Crippen LogP contribution in [0.4, 0.5) is 11.6 Å². The van der Waals surface area contributed by atoms with Gasteiger partial charge in [-0.25, -0.2) is 4.98 Å². The van der Waals surface area contributed by atoms with Crippen LogP contribution in [0.25, 0.3) is 5.65 Å². The maximum absolute atomic E-state index is 12.7. The minimum Gasteiger partial charge on any atom is -0.396 e. The molecule has 0 saturated heterocycles. The van der Waals surface area contributed by atoms with Crippen LogP contribution in [0.3, 0.4) is 0 Å². The Kier molecular flexibility index (Phi) is 5.08. The van der Waals surface area contributed by atoms with E-state index in [1.807, 2.05) is 12.3 Å². The van der Waals surface area contributed by atoms with Gasteiger partial charge >= 0.3 is 0 Å². The number of pyridine rings is 1. The first-order chi connectivity index (χ1) is 14.7. The molecule has 0 aromatic carbocycles. The summed E-state index contributed by atoms with van der Waals surface area (Å²) in [5.74, 6) is 1.75. The summed E-state index contributed by atoms with van der Waals surface area (Å²) in [5.41, 5.74) is 2.39. The third-order valence-electron chi connectivity index (χ3n) is 6.16. The molecule has 156 valence electrons. The zero-order valence-corrected chi connectivity index (χ0v) is 16.8. The van der Waals surface area contributed by atoms with Crippen LogP contribution in [0.2, 0.25) is 0 Å². The molecule has 8 nitrogen and oxygen atoms in total. The smallest absolute Gasteiger partial charge is 0.258 e. The molecule has 0 radical (unpaired) electrons. The number of hydrogen-bond donors (Lipinski definition) is 3. The fourth-order valence-corrected chi connectivity index (χ4v) is 4.32. The summed E-state index contributed by atoms with van der Waals surface area (Å²) in [6.45, 7) is 0.171. The first-order valence-electron chi connectivity index (χ1n) is 10.7. The molecular weight excluding hydrogens is 380 g/mol. The molecule has 3 N–H and O–H groups in total. The number of aliphatic hydroxyl groups excluding tert-OH is 1. The molecule has 0 unspecified atom stereocenters. The predicted molar refractivity (Wildman–Crippen MR) is 114 cm³/mol. The van der Waals surface area contributed by atoms with Crippen LogP contribution in [-0.4, -0.2) is 43.2 Å². The molecule has 2 aliphatic carbocycles. The maximum atomic E-state index is 12.7. The number of carbonyl (C=O) groups excluding carboxylic acids is 1. The molecule has 5 rings (SSSR count). The quantitative estimate of drug-likeness (QED) is 0.581. The van der Waals surface area contributed by atoms with E-state index in [1.54, 1.807) is 29.0 Å². The molecule has 2 fully saturated rings. The minimum absolute atomic E-state index is 0.171. The molecule has 0 spiro atoms. The van der Waals surface area contributed by atoms with Gasteiger partial charge in [-0.05, 0) is 43.7 Å². The van der Waals surface area contributed by atoms with Gasteiger partial charge in [0.1, 0.15) is 11.6 Å². The molecule has 0 aliphatic heterocycles. The third-order valence-corrected chi connectivity index (χ3v) is 6.16. The number of nitrogens with zero attached hydrogens (tertiary/aromatic N) is 4. The molecule has 2 aliphatic rings. The number of rotatable bonds is 6. The summed E-state index contributed by atoms with van der Waals surface area (Å²) < 4.78 is 1.71. The van der Waals surface area contributed by atoms with E-state index in [-0.39, 0.29) is 24.5 Å². The van der Waals surface area contributed by atoms with Gasteiger partial charge in [-0.15, -0.1) is 0 Å². The highest BCUT2D eigenvalue weighted by Gasteiger charge is 2.29. The van der Waals surface area contributed by atoms with Crippen LogP contribution in [0.1, 0.15) is 60.4 Å². The van der Waals surface area contributed by atoms with Gasteiger partial charge in [-0.2, -0.15) is 9.61 Å². The zero-order chi connectivity index (χ0) is 20.5. The molecule has 0 bridgehead atoms. The van der Waals surface area contributed by atoms with Crippen LogP contribution < -0.4 is 10.6 Å². The van der Waals surface area contributed by atoms with Gasteiger partial charge in [-0.3, -0.25) is 9.78 Å². The van der Waals surface area contributed by atoms with Crippen LogP contribution in [0, 0.1) is 5.92 Å². The number of anilines is 2. The molecule has 3 aromatic rings. The summed E-state index contributed by atoms with van der Waals surface area (Å²) in [5, 5.41) is 20.8. The minimum atomic E-state index is -0.240. The van der Waals surface area contributed by atoms with Crippen molar-refractivity contribution in [3.63, 3.8) is 0 Å². The van der Waals surface area contributed by atoms with Gasteiger partial charge in [0.2, 0.25) is 0 Å². The monoisotopic (exact) mass is 406 g/mol. The number of aromatic nitrogens is 4. The van der Waals surface area contributed by atoms with Crippen LogP contribution in [0.15, 0.2) is 36.8 Å². The molecular formula is C22H26N6O2. The molecule has 2 atom stereocenters. The second-order valence-corrected chi connectivity index (χ2v) is 8.31. The molecule has 30 heavy (non-hydrogen) atoms. The maximum Gasteiger partial charge on any atom is 0.258 e. The Morgan fingerprint density at radius 2 is 2.07 bits per heavy atom. The fraction of sp³-hybridized carbons (Fsp3) is 0.455. The van der Waals surface area contributed by atoms with Crippen LogP contribution in [0.5, 0.6) is 0 Å². The predicted octanol–water partition coefficient (Wildman–Crippen LogP) is 3.22. The number of fused-ring (bicyclic) bond motifs is 1. The Labute approximate surface area is 174 Å². The largest absolute Gasteiger partial charge is 0.396 e. The van der Waals surface area contributed by atoms with Crippen LogP contribution >= 0.6 is 0 Å². The van der Waals surface area contributed by atoms with Crippen molar-refractivity contribution in [1.29, 1.82) is 0 Å². The first kappa shape index (κ1) is 19.0. The van der Waals surface area contributed by atoms with E-state index in [2.05, 4.69) is 20.7 Å². The average Bonchev–Trinajstić information content (AvgIpc) is 3.53. The van der Waals surface area contributed by atoms with E-state index in [0.717, 1.165) is 49.7 Å². The lowest BCUT2D eigenvalue weighted by Gasteiger charge is -2.31. The summed E-state index contributed by atoms with van der Waals surface area (Å²) >= 11 is 0. The molecule has 3 heterocycles. The lowest BCUT2D eigenvalue weighted by Crippen LogP contribution is -2.34. The SMILES string of the molecule is O=C(Nc1cc(N[C@@H]2CCCC[C@H]2CO)nc2c(C3CC3)cnn12)c1cccnc1. The molecule has 3 aromatic heterocycles. The summed E-state index contributed by atoms with van der Waals surface area (Å²) in [6, 6.07) is 5.47. The van der Waals surface area contributed by atoms with E-state index in [0.29, 0.717) is 23.1 Å². The number of nitrogens with one attached hydrogen (secondary N) is 2. The molecule has 2 saturated carbocycles. The Morgan fingerprint density at radius 3 is 2.83 bits per heavy atom. The van der Waals surface area contributed by atoms with E-state index in [4.69, 9.17) is 4.98 Å². The van der Waals surface area contributed by atoms with Crippen molar-refractivity contribution < 1.29 is 9.90 Å². The first-order valence-corrected chi connectivity index (χ1v) is 10.7. The van der Waals surface area contributed by atoms with E-state index >= 15 is 0 Å². The van der Waals surface area contributed by atoms with Crippen molar-refractivity contribution in [1.82, 2.24) is 19.6 Å². The second kappa shape index (κ2) is 8.02. The standard InChI is InChI=1S/C22H26N6O2/c29-13-16-4-1-2-6-18(16)25-19-10-20(27-22(30)15-5-3-9-23-11-15)28-21(26-19)17(12-24-28)14-7-8-14/h3,5,9-12,14,16,18,29H,1-2,4,6-8,13H2,(H,25,26)(H,27,30)/t16-,18+/m0/s1. The summed E-state index contributed by atoms with van der Waals surface area (Å²) in [7, 11) is 0. The lowest BCUT2D eigenvalue weighted by atomic mass is 9.85. The van der Waals surface area contributed by atoms with Crippen molar-refractivity contribution in [3.05, 3.63) is 47.9 Å². The average molecular weight is 406 g/mol. The van der Waals surface area contributed by atoms with Crippen molar-refractivity contribution >= 4 is 23.2 Å². The highest BCUT2D eigenvalue weighted by atomic mass is 16.3. The van der Waals surface area contributed by atoms with Gasteiger partial charge in [0, 0.05) is 42.6 Å². The summed E-state index contributed by atoms with van der Waals surface area (Å²) in [6.07, 6.45) is 11.6. The Bertz CT molecular complexity index is 1050. The zero-order valence-electron chi connectivity index (χ0n) is 16.8. The summed E-state index contributed by atoms with van der Waals surface area (Å²) in [4.78, 5) is 21.6. The third kappa shape index (κ3) is 3.75. The van der Waals surface area contributed by atoms with Gasteiger partial charge in [0.15, 0.2) is 5.65 Å². The van der Waals surface area contributed by atoms with E-state index < -0.39 is 0 Å². The molecule has 1 amide bonds. The van der Waals surface area contributed by atoms with Crippen molar-refractivity contribution in [2.45, 2.75) is 50.5 Å². The van der Waals surface area contributed by atoms with E-state index in [1.165, 1.54) is 0 Å². The fourth-order valence-electron chi connectivity index (χ4n) is 4.32. The van der Waals surface area contributed by atoms with Crippen molar-refractivity contribution in [2.75, 3.05) is 17.2 Å². The van der Waals surface area contributed by atoms with E-state index in [9.17, 15) is 9.90 Å². The van der Waals surface area contributed by atoms with Crippen molar-refractivity contribution in [3.8, 4) is 0 Å². The number of amides is 1. The van der Waals surface area contributed by atoms with Gasteiger partial charge in [0.05, 0.1) is 11.8 Å². The van der Waals surface area contributed by atoms with Gasteiger partial charge in [0.25, 0.3) is 5.91 Å². The Balaban J connectivity index is 1.49. The second-order valence-electron chi connectivity index (χ2n) is 8.31. The Hall–Kier alpha value is -3.00. The number of aliphatic hydroxyl groups is 1. The lowest BCUT2D eigenvalue weighted by molar-refractivity contribution is 0.102. The number of hydrogen-bond acceptors (Lipinski definition) is 6. The topological polar surface area (TPSA) is 104 Å². The van der Waals surface area contributed by atoms with Crippen molar-refractivity contribution in [2.24, 2.45) is 5.92 Å². The Morgan fingerprint density at radius 1 is 1.20 bits per heavy atom. The van der Waals surface area contributed by atoms with Crippen LogP contribution in [-0.2, 0) is 0 Å².